The van der Waals surface area contributed by atoms with Crippen LogP contribution in [-0.2, 0) is 16.6 Å². The summed E-state index contributed by atoms with van der Waals surface area (Å²) in [7, 11) is -4.26. The van der Waals surface area contributed by atoms with Crippen molar-refractivity contribution in [3.8, 4) is 11.5 Å². The third kappa shape index (κ3) is 4.71. The van der Waals surface area contributed by atoms with Crippen molar-refractivity contribution < 1.29 is 26.8 Å². The minimum atomic E-state index is -4.26. The van der Waals surface area contributed by atoms with Crippen LogP contribution in [0.2, 0.25) is 0 Å². The van der Waals surface area contributed by atoms with Gasteiger partial charge in [-0.3, -0.25) is 13.9 Å². The van der Waals surface area contributed by atoms with Crippen LogP contribution in [0.4, 0.5) is 15.0 Å². The number of sulfonamides is 1. The summed E-state index contributed by atoms with van der Waals surface area (Å²) in [6.45, 7) is -0.241. The summed E-state index contributed by atoms with van der Waals surface area (Å²) >= 11 is 3.07. The summed E-state index contributed by atoms with van der Waals surface area (Å²) in [5.74, 6) is -1.25. The van der Waals surface area contributed by atoms with Gasteiger partial charge in [-0.1, -0.05) is 11.2 Å². The van der Waals surface area contributed by atoms with Crippen molar-refractivity contribution in [3.05, 3.63) is 44.6 Å². The van der Waals surface area contributed by atoms with E-state index in [-0.39, 0.29) is 41.4 Å². The van der Waals surface area contributed by atoms with E-state index in [1.807, 2.05) is 4.72 Å². The van der Waals surface area contributed by atoms with Crippen LogP contribution in [0, 0.1) is 5.82 Å². The molecule has 0 saturated carbocycles. The molecule has 3 aromatic rings. The van der Waals surface area contributed by atoms with Gasteiger partial charge in [-0.2, -0.15) is 0 Å². The average Bonchev–Trinajstić information content (AvgIpc) is 3.28. The standard InChI is InChI=1S/C14H13BrFN7O6S/c15-8-5-7(1-2-9(8)16)6-23-12(22-28-14(23)25)10-11(21-29-20-10)18-3-4-19-30(26,27)13(17)24/h1-2,5,19H,3-4,6H2,(H2,17,24)(H,18,21). The normalized spacial score (nSPS) is 11.5. The van der Waals surface area contributed by atoms with Gasteiger partial charge in [-0.05, 0) is 43.9 Å². The first-order valence-corrected chi connectivity index (χ1v) is 10.3. The third-order valence-corrected chi connectivity index (χ3v) is 5.41. The number of nitrogens with one attached hydrogen (secondary N) is 2. The zero-order valence-corrected chi connectivity index (χ0v) is 17.2. The Bertz CT molecular complexity index is 1240. The van der Waals surface area contributed by atoms with Gasteiger partial charge in [-0.15, -0.1) is 0 Å². The Morgan fingerprint density at radius 2 is 2.03 bits per heavy atom. The maximum absolute atomic E-state index is 13.4. The van der Waals surface area contributed by atoms with Crippen molar-refractivity contribution in [3.63, 3.8) is 0 Å². The van der Waals surface area contributed by atoms with Crippen LogP contribution >= 0.6 is 15.9 Å². The van der Waals surface area contributed by atoms with Crippen molar-refractivity contribution in [2.24, 2.45) is 5.73 Å². The quantitative estimate of drug-likeness (QED) is 0.357. The number of amides is 1. The van der Waals surface area contributed by atoms with Crippen LogP contribution in [0.5, 0.6) is 0 Å². The smallest absolute Gasteiger partial charge is 0.364 e. The molecule has 16 heteroatoms. The maximum Gasteiger partial charge on any atom is 0.442 e. The van der Waals surface area contributed by atoms with E-state index in [2.05, 4.69) is 45.9 Å². The molecule has 30 heavy (non-hydrogen) atoms. The van der Waals surface area contributed by atoms with Crippen molar-refractivity contribution in [1.29, 1.82) is 0 Å². The summed E-state index contributed by atoms with van der Waals surface area (Å²) in [5, 5.41) is 12.2. The highest BCUT2D eigenvalue weighted by Gasteiger charge is 2.22. The number of halogens is 2. The van der Waals surface area contributed by atoms with E-state index in [1.165, 1.54) is 18.2 Å². The summed E-state index contributed by atoms with van der Waals surface area (Å²) in [6.07, 6.45) is 0. The van der Waals surface area contributed by atoms with Gasteiger partial charge in [0, 0.05) is 13.1 Å². The van der Waals surface area contributed by atoms with Gasteiger partial charge in [0.1, 0.15) is 5.82 Å². The number of nitrogens with zero attached hydrogens (tertiary/aromatic N) is 4. The first kappa shape index (κ1) is 21.6. The highest BCUT2D eigenvalue weighted by atomic mass is 79.9. The van der Waals surface area contributed by atoms with E-state index in [4.69, 9.17) is 5.73 Å². The maximum atomic E-state index is 13.4. The predicted molar refractivity (Wildman–Crippen MR) is 102 cm³/mol. The highest BCUT2D eigenvalue weighted by molar-refractivity contribution is 9.10. The van der Waals surface area contributed by atoms with E-state index in [0.717, 1.165) is 4.57 Å². The van der Waals surface area contributed by atoms with Gasteiger partial charge >= 0.3 is 11.0 Å². The molecule has 2 heterocycles. The lowest BCUT2D eigenvalue weighted by Gasteiger charge is -2.06. The molecule has 3 rings (SSSR count). The molecule has 4 N–H and O–H groups in total. The topological polar surface area (TPSA) is 188 Å². The summed E-state index contributed by atoms with van der Waals surface area (Å²) in [5.41, 5.74) is 5.31. The van der Waals surface area contributed by atoms with Crippen molar-refractivity contribution in [1.82, 2.24) is 24.8 Å². The zero-order chi connectivity index (χ0) is 21.9. The van der Waals surface area contributed by atoms with Gasteiger partial charge in [0.15, 0.2) is 5.69 Å². The Labute approximate surface area is 175 Å². The van der Waals surface area contributed by atoms with Crippen LogP contribution in [0.3, 0.4) is 0 Å². The number of hydrogen-bond acceptors (Lipinski definition) is 10. The molecule has 2 aromatic heterocycles. The van der Waals surface area contributed by atoms with Crippen LogP contribution in [0.15, 0.2) is 36.6 Å². The lowest BCUT2D eigenvalue weighted by atomic mass is 10.2. The number of hydrogen-bond donors (Lipinski definition) is 3. The molecular formula is C14H13BrFN7O6S. The van der Waals surface area contributed by atoms with Crippen LogP contribution in [0.1, 0.15) is 5.56 Å². The van der Waals surface area contributed by atoms with Crippen molar-refractivity contribution in [2.45, 2.75) is 6.54 Å². The number of carbonyl (C=O) groups excluding carboxylic acids is 1. The number of rotatable bonds is 8. The molecule has 1 aromatic carbocycles. The predicted octanol–water partition coefficient (Wildman–Crippen LogP) is 0.246. The molecular weight excluding hydrogens is 493 g/mol. The first-order valence-electron chi connectivity index (χ1n) is 8.05. The van der Waals surface area contributed by atoms with E-state index >= 15 is 0 Å². The number of benzene rings is 1. The Morgan fingerprint density at radius 3 is 2.73 bits per heavy atom. The van der Waals surface area contributed by atoms with Crippen molar-refractivity contribution in [2.75, 3.05) is 18.4 Å². The second kappa shape index (κ2) is 8.72. The molecule has 0 radical (unpaired) electrons. The average molecular weight is 506 g/mol. The van der Waals surface area contributed by atoms with E-state index in [1.54, 1.807) is 0 Å². The minimum absolute atomic E-state index is 0.0126. The number of nitrogens with two attached hydrogens (primary N) is 1. The molecule has 13 nitrogen and oxygen atoms in total. The highest BCUT2D eigenvalue weighted by Crippen LogP contribution is 2.23. The summed E-state index contributed by atoms with van der Waals surface area (Å²) < 4.78 is 48.7. The third-order valence-electron chi connectivity index (χ3n) is 3.69. The SMILES string of the molecule is NC(=O)S(=O)(=O)NCCNc1nonc1-c1noc(=O)n1Cc1ccc(F)c(Br)c1. The zero-order valence-electron chi connectivity index (χ0n) is 14.8. The Kier molecular flexibility index (Phi) is 6.28. The monoisotopic (exact) mass is 505 g/mol. The summed E-state index contributed by atoms with van der Waals surface area (Å²) in [4.78, 5) is 22.8. The molecule has 0 aliphatic rings. The Morgan fingerprint density at radius 1 is 1.27 bits per heavy atom. The fourth-order valence-electron chi connectivity index (χ4n) is 2.29. The fourth-order valence-corrected chi connectivity index (χ4v) is 3.23. The molecule has 0 saturated heterocycles. The Balaban J connectivity index is 1.77. The lowest BCUT2D eigenvalue weighted by molar-refractivity contribution is 0.265. The second-order valence-corrected chi connectivity index (χ2v) is 8.26. The molecule has 160 valence electrons. The van der Waals surface area contributed by atoms with Crippen LogP contribution < -0.4 is 21.5 Å². The molecule has 0 aliphatic carbocycles. The van der Waals surface area contributed by atoms with Gasteiger partial charge in [-0.25, -0.2) is 27.0 Å². The van der Waals surface area contributed by atoms with Crippen LogP contribution in [0.25, 0.3) is 11.5 Å². The largest absolute Gasteiger partial charge is 0.442 e. The molecule has 1 amide bonds. The molecule has 0 fully saturated rings. The van der Waals surface area contributed by atoms with Gasteiger partial charge in [0.25, 0.3) is 10.0 Å². The first-order chi connectivity index (χ1) is 14.2. The Hall–Kier alpha value is -3.11. The summed E-state index contributed by atoms with van der Waals surface area (Å²) in [6, 6.07) is 4.20. The molecule has 0 spiro atoms. The molecule has 0 atom stereocenters. The van der Waals surface area contributed by atoms with Gasteiger partial charge in [0.05, 0.1) is 11.0 Å². The van der Waals surface area contributed by atoms with Gasteiger partial charge < -0.3 is 11.1 Å². The number of aromatic nitrogens is 4. The van der Waals surface area contributed by atoms with E-state index < -0.39 is 26.8 Å². The lowest BCUT2D eigenvalue weighted by Crippen LogP contribution is -2.37. The fraction of sp³-hybridized carbons (Fsp3) is 0.214. The van der Waals surface area contributed by atoms with Crippen molar-refractivity contribution >= 4 is 37.0 Å². The molecule has 0 unspecified atom stereocenters. The van der Waals surface area contributed by atoms with Crippen LogP contribution in [-0.4, -0.2) is 46.8 Å². The second-order valence-electron chi connectivity index (χ2n) is 5.71. The minimum Gasteiger partial charge on any atom is -0.364 e. The number of carbonyl (C=O) groups is 1. The number of primary amides is 1. The van der Waals surface area contributed by atoms with E-state index in [0.29, 0.717) is 5.56 Å². The number of anilines is 1. The molecule has 0 bridgehead atoms. The molecule has 0 aliphatic heterocycles. The van der Waals surface area contributed by atoms with Gasteiger partial charge in [0.2, 0.25) is 11.6 Å². The van der Waals surface area contributed by atoms with E-state index in [9.17, 15) is 22.4 Å².